The molecule has 0 aliphatic carbocycles. The van der Waals surface area contributed by atoms with Crippen molar-refractivity contribution in [2.24, 2.45) is 0 Å². The highest BCUT2D eigenvalue weighted by atomic mass is 28.3. The Balaban J connectivity index is 4.41. The third-order valence-electron chi connectivity index (χ3n) is 2.35. The van der Waals surface area contributed by atoms with Crippen molar-refractivity contribution in [3.05, 3.63) is 12.2 Å². The average Bonchev–Trinajstić information content (AvgIpc) is 2.32. The fourth-order valence-electron chi connectivity index (χ4n) is 1.64. The third-order valence-corrected chi connectivity index (χ3v) is 4.63. The molecule has 0 aromatic carbocycles. The molecule has 0 aliphatic rings. The Morgan fingerprint density at radius 3 is 2.05 bits per heavy atom. The van der Waals surface area contributed by atoms with Crippen LogP contribution in [0.3, 0.4) is 0 Å². The molecule has 0 unspecified atom stereocenters. The molecular formula is C12H28O5Si3. The summed E-state index contributed by atoms with van der Waals surface area (Å²) >= 11 is 0. The van der Waals surface area contributed by atoms with E-state index >= 15 is 0 Å². The summed E-state index contributed by atoms with van der Waals surface area (Å²) in [6, 6.07) is 0. The number of carbonyl (C=O) groups is 1. The van der Waals surface area contributed by atoms with Crippen molar-refractivity contribution in [1.29, 1.82) is 0 Å². The highest BCUT2D eigenvalue weighted by Crippen LogP contribution is 2.23. The number of rotatable bonds is 10. The van der Waals surface area contributed by atoms with Crippen LogP contribution in [-0.2, 0) is 22.8 Å². The summed E-state index contributed by atoms with van der Waals surface area (Å²) in [4.78, 5) is 11.3. The molecule has 8 heteroatoms. The zero-order valence-corrected chi connectivity index (χ0v) is 17.8. The van der Waals surface area contributed by atoms with Crippen molar-refractivity contribution < 1.29 is 22.8 Å². The molecule has 0 rings (SSSR count). The van der Waals surface area contributed by atoms with Crippen LogP contribution in [0.4, 0.5) is 0 Å². The Bertz CT molecular complexity index is 310. The normalized spacial score (nSPS) is 12.2. The van der Waals surface area contributed by atoms with Gasteiger partial charge >= 0.3 is 5.97 Å². The lowest BCUT2D eigenvalue weighted by molar-refractivity contribution is -0.263. The van der Waals surface area contributed by atoms with E-state index in [2.05, 4.69) is 32.8 Å². The number of esters is 1. The van der Waals surface area contributed by atoms with Gasteiger partial charge < -0.3 is 18.0 Å². The van der Waals surface area contributed by atoms with Crippen molar-refractivity contribution >= 4 is 34.5 Å². The van der Waals surface area contributed by atoms with E-state index < -0.39 is 24.1 Å². The van der Waals surface area contributed by atoms with Crippen LogP contribution in [0, 0.1) is 0 Å². The number of hydrogen-bond acceptors (Lipinski definition) is 5. The molecule has 0 fully saturated rings. The molecule has 20 heavy (non-hydrogen) atoms. The summed E-state index contributed by atoms with van der Waals surface area (Å²) in [7, 11) is -2.03. The van der Waals surface area contributed by atoms with Crippen LogP contribution >= 0.6 is 0 Å². The number of ether oxygens (including phenoxy) is 1. The van der Waals surface area contributed by atoms with Crippen LogP contribution in [0.5, 0.6) is 0 Å². The average molecular weight is 337 g/mol. The highest BCUT2D eigenvalue weighted by Gasteiger charge is 2.33. The minimum atomic E-state index is -1.29. The van der Waals surface area contributed by atoms with Crippen molar-refractivity contribution in [2.45, 2.75) is 51.9 Å². The summed E-state index contributed by atoms with van der Waals surface area (Å²) < 4.78 is 22.6. The first-order chi connectivity index (χ1) is 9.22. The van der Waals surface area contributed by atoms with Gasteiger partial charge in [0.05, 0.1) is 6.61 Å². The van der Waals surface area contributed by atoms with Crippen molar-refractivity contribution in [2.75, 3.05) is 6.61 Å². The fraction of sp³-hybridized carbons (Fsp3) is 0.750. The molecule has 0 saturated carbocycles. The maximum Gasteiger partial charge on any atom is 0.333 e. The molecule has 5 nitrogen and oxygen atoms in total. The number of carbonyl (C=O) groups excluding carboxylic acids is 1. The van der Waals surface area contributed by atoms with Gasteiger partial charge in [0.2, 0.25) is 0 Å². The molecule has 0 bridgehead atoms. The van der Waals surface area contributed by atoms with Gasteiger partial charge in [0.15, 0.2) is 28.6 Å². The summed E-state index contributed by atoms with van der Waals surface area (Å²) in [5.41, 5.74) is 0.409. The minimum Gasteiger partial charge on any atom is -0.462 e. The van der Waals surface area contributed by atoms with Crippen LogP contribution in [0.15, 0.2) is 12.2 Å². The summed E-state index contributed by atoms with van der Waals surface area (Å²) in [6.07, 6.45) is 1.22. The summed E-state index contributed by atoms with van der Waals surface area (Å²) in [5, 5.41) is 0. The Morgan fingerprint density at radius 1 is 1.20 bits per heavy atom. The topological polar surface area (TPSA) is 54.0 Å². The molecule has 0 aliphatic heterocycles. The van der Waals surface area contributed by atoms with Crippen LogP contribution in [-0.4, -0.2) is 47.1 Å². The Kier molecular flexibility index (Phi) is 9.51. The Hall–Kier alpha value is -0.259. The van der Waals surface area contributed by atoms with Crippen molar-refractivity contribution in [3.63, 3.8) is 0 Å². The lowest BCUT2D eigenvalue weighted by Crippen LogP contribution is -2.45. The first kappa shape index (κ1) is 19.7. The molecule has 0 amide bonds. The maximum absolute atomic E-state index is 11.3. The first-order valence-electron chi connectivity index (χ1n) is 6.96. The van der Waals surface area contributed by atoms with Gasteiger partial charge in [-0.3, -0.25) is 0 Å². The monoisotopic (exact) mass is 336 g/mol. The van der Waals surface area contributed by atoms with E-state index in [0.29, 0.717) is 35.5 Å². The SMILES string of the molecule is C=C(C)C(=O)OCCCC(O[SiH3])(O[SiH](C)C)O[SiH](C)C. The Labute approximate surface area is 128 Å². The van der Waals surface area contributed by atoms with E-state index in [0.717, 1.165) is 0 Å². The van der Waals surface area contributed by atoms with Gasteiger partial charge in [-0.1, -0.05) is 6.58 Å². The standard InChI is InChI=1S/C12H28O5Si3/c1-10(2)11(13)14-9-7-8-12(15-18,16-19(3)4)17-20(5)6/h19-20H,1,7-9H2,2-6,18H3. The molecule has 0 aromatic heterocycles. The van der Waals surface area contributed by atoms with Gasteiger partial charge in [-0.2, -0.15) is 0 Å². The highest BCUT2D eigenvalue weighted by molar-refractivity contribution is 6.49. The van der Waals surface area contributed by atoms with Crippen molar-refractivity contribution in [3.8, 4) is 0 Å². The van der Waals surface area contributed by atoms with Gasteiger partial charge in [-0.05, 0) is 39.5 Å². The zero-order chi connectivity index (χ0) is 15.8. The predicted octanol–water partition coefficient (Wildman–Crippen LogP) is 0.837. The first-order valence-corrected chi connectivity index (χ1v) is 13.3. The largest absolute Gasteiger partial charge is 0.462 e. The van der Waals surface area contributed by atoms with Crippen LogP contribution in [0.2, 0.25) is 26.2 Å². The molecular weight excluding hydrogens is 308 g/mol. The van der Waals surface area contributed by atoms with Crippen LogP contribution in [0.25, 0.3) is 0 Å². The van der Waals surface area contributed by atoms with Gasteiger partial charge in [-0.25, -0.2) is 4.79 Å². The molecule has 0 radical (unpaired) electrons. The lowest BCUT2D eigenvalue weighted by atomic mass is 10.3. The smallest absolute Gasteiger partial charge is 0.333 e. The van der Waals surface area contributed by atoms with Crippen LogP contribution in [0.1, 0.15) is 19.8 Å². The quantitative estimate of drug-likeness (QED) is 0.194. The van der Waals surface area contributed by atoms with E-state index in [9.17, 15) is 4.79 Å². The second-order valence-electron chi connectivity index (χ2n) is 5.24. The zero-order valence-electron chi connectivity index (χ0n) is 13.5. The second-order valence-corrected chi connectivity index (χ2v) is 10.3. The van der Waals surface area contributed by atoms with E-state index in [1.165, 1.54) is 0 Å². The van der Waals surface area contributed by atoms with E-state index in [1.807, 2.05) is 0 Å². The lowest BCUT2D eigenvalue weighted by Gasteiger charge is -2.36. The van der Waals surface area contributed by atoms with Gasteiger partial charge in [-0.15, -0.1) is 0 Å². The number of hydrogen-bond donors (Lipinski definition) is 0. The Morgan fingerprint density at radius 2 is 1.70 bits per heavy atom. The molecule has 0 heterocycles. The molecule has 0 aromatic rings. The molecule has 0 N–H and O–H groups in total. The molecule has 0 saturated heterocycles. The summed E-state index contributed by atoms with van der Waals surface area (Å²) in [6.45, 7) is 13.8. The van der Waals surface area contributed by atoms with E-state index in [-0.39, 0.29) is 5.97 Å². The van der Waals surface area contributed by atoms with Crippen LogP contribution < -0.4 is 0 Å². The summed E-state index contributed by atoms with van der Waals surface area (Å²) in [5.74, 6) is -1.27. The second kappa shape index (κ2) is 9.64. The third kappa shape index (κ3) is 8.12. The minimum absolute atomic E-state index is 0.324. The maximum atomic E-state index is 11.3. The predicted molar refractivity (Wildman–Crippen MR) is 88.7 cm³/mol. The van der Waals surface area contributed by atoms with Gasteiger partial charge in [0.1, 0.15) is 0 Å². The van der Waals surface area contributed by atoms with Gasteiger partial charge in [0.25, 0.3) is 5.97 Å². The fourth-order valence-corrected chi connectivity index (χ4v) is 4.51. The van der Waals surface area contributed by atoms with E-state index in [4.69, 9.17) is 18.0 Å². The van der Waals surface area contributed by atoms with E-state index in [1.54, 1.807) is 6.92 Å². The molecule has 118 valence electrons. The van der Waals surface area contributed by atoms with Gasteiger partial charge in [0, 0.05) is 12.0 Å². The molecule has 0 atom stereocenters. The van der Waals surface area contributed by atoms with Crippen molar-refractivity contribution in [1.82, 2.24) is 0 Å². The molecule has 0 spiro atoms.